The Bertz CT molecular complexity index is 7580. The standard InChI is InChI=1S/C29H35N5O2.C28H29ClF3N5O2.C27H29BrClN5O2.C27H29Cl2N5O2/c1-19(2)27(31-28(35)25-13-12-20(3)15-23(25)11-8-14-30)26-17-24-16-21(4)32-34(24)29(36)33(26)18-22-9-6-5-7-10-22;1-3-22(34-26(38)21-12-11-20(28(30,31)32)14-19(21)10-7-13-33)23-15-24-25(29)17(2)35-37(24)27(39)36(23)16-18-8-5-4-6-9-18;1-3-22(32(15-7-14-30)26(35)20-10-12-21(28)13-11-20)23-16-24-25(29)18(2)31-34(24)27(36)33(23)17-19-8-5-4-6-9-19;1-3-22(31-26(35)21-12-11-20(28)14-19(21)10-7-13-30)23-15-24-25(29)17(2)32-34(24)27(36)33(23)16-18-8-5-4-6-9-18/h5-7,9-10,12-13,15-17,19,27H,8,11,14,18,30H2,1-4H3,(H,31,35);4-6,8-9,11-12,14-15,22H,3,7,10,13,16,33H2,1-2H3,(H,34,38);4-6,8-13,16,22H,3,7,14-15,17,30H2,1-2H3;4-6,8-9,11-12,14-15,22H,3,7,10,13,16,30H2,1-2H3,(H,31,35). The monoisotopic (exact) mass is 2140 g/mol. The summed E-state index contributed by atoms with van der Waals surface area (Å²) in [4.78, 5) is 111. The predicted octanol–water partition coefficient (Wildman–Crippen LogP) is 19.6. The first-order valence-electron chi connectivity index (χ1n) is 49.0. The predicted molar refractivity (Wildman–Crippen MR) is 578 cm³/mol. The number of halogens is 8. The molecule has 0 radical (unpaired) electrons. The van der Waals surface area contributed by atoms with Gasteiger partial charge in [0.25, 0.3) is 23.6 Å². The van der Waals surface area contributed by atoms with Crippen LogP contribution < -0.4 is 61.6 Å². The number of fused-ring (bicyclic) bond motifs is 4. The van der Waals surface area contributed by atoms with Crippen LogP contribution in [0.5, 0.6) is 0 Å². The van der Waals surface area contributed by atoms with Crippen LogP contribution in [0.2, 0.25) is 20.1 Å². The average molecular weight is 2140 g/mol. The molecule has 0 fully saturated rings. The molecule has 0 aliphatic rings. The Balaban J connectivity index is 0.000000164. The third-order valence-electron chi connectivity index (χ3n) is 25.6. The Kier molecular flexibility index (Phi) is 38.3. The summed E-state index contributed by atoms with van der Waals surface area (Å²) in [7, 11) is 0. The van der Waals surface area contributed by atoms with E-state index in [0.29, 0.717) is 172 Å². The molecule has 8 aromatic heterocycles. The highest BCUT2D eigenvalue weighted by Gasteiger charge is 2.35. The van der Waals surface area contributed by atoms with Gasteiger partial charge in [0.05, 0.1) is 116 Å². The van der Waals surface area contributed by atoms with E-state index in [9.17, 15) is 51.5 Å². The minimum Gasteiger partial charge on any atom is -0.344 e. The molecule has 28 nitrogen and oxygen atoms in total. The fourth-order valence-electron chi connectivity index (χ4n) is 18.0. The van der Waals surface area contributed by atoms with Crippen molar-refractivity contribution in [3.63, 3.8) is 0 Å². The van der Waals surface area contributed by atoms with Gasteiger partial charge in [0.1, 0.15) is 0 Å². The van der Waals surface area contributed by atoms with E-state index in [1.807, 2.05) is 209 Å². The fourth-order valence-corrected chi connectivity index (χ4v) is 19.0. The van der Waals surface area contributed by atoms with Crippen LogP contribution in [0.15, 0.2) is 254 Å². The molecule has 16 rings (SSSR count). The number of alkyl halides is 3. The van der Waals surface area contributed by atoms with Gasteiger partial charge in [-0.05, 0) is 267 Å². The maximum absolute atomic E-state index is 13.8. The molecule has 0 bridgehead atoms. The van der Waals surface area contributed by atoms with Gasteiger partial charge in [0.15, 0.2) is 0 Å². The summed E-state index contributed by atoms with van der Waals surface area (Å²) in [6.07, 6.45) is 1.24. The van der Waals surface area contributed by atoms with E-state index in [2.05, 4.69) is 72.2 Å². The maximum Gasteiger partial charge on any atom is 0.416 e. The average Bonchev–Trinajstić information content (AvgIpc) is 1.62. The van der Waals surface area contributed by atoms with Gasteiger partial charge in [-0.15, -0.1) is 0 Å². The van der Waals surface area contributed by atoms with Crippen molar-refractivity contribution in [2.75, 3.05) is 32.7 Å². The van der Waals surface area contributed by atoms with E-state index in [0.717, 1.165) is 91.7 Å². The zero-order chi connectivity index (χ0) is 106. The molecular formula is C111H122BrCl4F3N20O8. The van der Waals surface area contributed by atoms with Gasteiger partial charge in [-0.2, -0.15) is 51.6 Å². The SMILES string of the molecule is CCC(NC(=O)c1ccc(C(F)(F)F)cc1CCCN)c1cc2c(Cl)c(C)nn2c(=O)n1Cc1ccccc1.CCC(NC(=O)c1ccc(Cl)cc1CCCN)c1cc2c(Cl)c(C)nn2c(=O)n1Cc1ccccc1.CCC(c1cc2c(Cl)c(C)nn2c(=O)n1Cc1ccccc1)N(CCCN)C(=O)c1ccc(Br)cc1.Cc1ccc(C(=O)NC(c2cc3cc(C)nn3c(=O)n2Cc2ccccc2)C(C)C)c(CCCN)c1. The van der Waals surface area contributed by atoms with Crippen LogP contribution in [0.25, 0.3) is 22.1 Å². The van der Waals surface area contributed by atoms with Crippen molar-refractivity contribution in [3.05, 3.63) is 415 Å². The summed E-state index contributed by atoms with van der Waals surface area (Å²) in [5.74, 6) is -1.00. The lowest BCUT2D eigenvalue weighted by molar-refractivity contribution is -0.137. The number of aromatic nitrogens is 12. The van der Waals surface area contributed by atoms with Crippen molar-refractivity contribution < 1.29 is 32.3 Å². The molecule has 8 aromatic carbocycles. The molecule has 8 heterocycles. The van der Waals surface area contributed by atoms with E-state index >= 15 is 0 Å². The number of carbonyl (C=O) groups excluding carboxylic acids is 4. The van der Waals surface area contributed by atoms with Crippen LogP contribution in [0.4, 0.5) is 13.2 Å². The molecule has 0 spiro atoms. The molecular weight excluding hydrogens is 2020 g/mol. The van der Waals surface area contributed by atoms with E-state index in [1.54, 1.807) is 70.9 Å². The first-order chi connectivity index (χ1) is 70.5. The van der Waals surface area contributed by atoms with Gasteiger partial charge >= 0.3 is 28.9 Å². The summed E-state index contributed by atoms with van der Waals surface area (Å²) in [5, 5.41) is 28.5. The molecule has 0 saturated heterocycles. The Morgan fingerprint density at radius 2 is 0.789 bits per heavy atom. The number of nitrogens with one attached hydrogen (secondary N) is 3. The Labute approximate surface area is 878 Å². The highest BCUT2D eigenvalue weighted by Crippen LogP contribution is 2.36. The van der Waals surface area contributed by atoms with E-state index < -0.39 is 35.4 Å². The lowest BCUT2D eigenvalue weighted by atomic mass is 9.96. The number of aryl methyl sites for hydroxylation is 8. The molecule has 147 heavy (non-hydrogen) atoms. The van der Waals surface area contributed by atoms with E-state index in [-0.39, 0.29) is 83.4 Å². The largest absolute Gasteiger partial charge is 0.416 e. The van der Waals surface area contributed by atoms with Crippen molar-refractivity contribution in [2.45, 2.75) is 190 Å². The summed E-state index contributed by atoms with van der Waals surface area (Å²) in [6.45, 7) is 22.6. The summed E-state index contributed by atoms with van der Waals surface area (Å²) < 4.78 is 52.9. The number of rotatable bonds is 36. The molecule has 0 aliphatic carbocycles. The Morgan fingerprint density at radius 1 is 0.415 bits per heavy atom. The van der Waals surface area contributed by atoms with E-state index in [1.165, 1.54) is 28.7 Å². The Hall–Kier alpha value is -13.4. The molecule has 4 atom stereocenters. The van der Waals surface area contributed by atoms with Gasteiger partial charge in [-0.25, -0.2) is 19.2 Å². The molecule has 16 aromatic rings. The van der Waals surface area contributed by atoms with Gasteiger partial charge < -0.3 is 43.8 Å². The minimum absolute atomic E-state index is 0.0415. The highest BCUT2D eigenvalue weighted by atomic mass is 79.9. The number of benzene rings is 8. The van der Waals surface area contributed by atoms with Crippen LogP contribution in [0.3, 0.4) is 0 Å². The molecule has 0 saturated carbocycles. The third-order valence-corrected chi connectivity index (χ3v) is 27.8. The second kappa shape index (κ2) is 50.8. The van der Waals surface area contributed by atoms with Gasteiger partial charge in [0.2, 0.25) is 0 Å². The Morgan fingerprint density at radius 3 is 1.19 bits per heavy atom. The number of carbonyl (C=O) groups is 4. The van der Waals surface area contributed by atoms with Crippen LogP contribution >= 0.6 is 62.3 Å². The van der Waals surface area contributed by atoms with Gasteiger partial charge in [0, 0.05) is 61.1 Å². The smallest absolute Gasteiger partial charge is 0.344 e. The quantitative estimate of drug-likeness (QED) is 0.0192. The zero-order valence-electron chi connectivity index (χ0n) is 83.7. The van der Waals surface area contributed by atoms with Crippen molar-refractivity contribution >= 4 is 108 Å². The van der Waals surface area contributed by atoms with Crippen LogP contribution in [0, 0.1) is 40.5 Å². The van der Waals surface area contributed by atoms with E-state index in [4.69, 9.17) is 69.3 Å². The molecule has 0 aliphatic heterocycles. The molecule has 770 valence electrons. The van der Waals surface area contributed by atoms with Crippen molar-refractivity contribution in [3.8, 4) is 0 Å². The minimum atomic E-state index is -4.54. The van der Waals surface area contributed by atoms with Gasteiger partial charge in [-0.3, -0.25) is 37.4 Å². The fraction of sp³-hybridized carbons (Fsp3) is 0.315. The zero-order valence-corrected chi connectivity index (χ0v) is 88.3. The first-order valence-corrected chi connectivity index (χ1v) is 51.3. The summed E-state index contributed by atoms with van der Waals surface area (Å²) >= 11 is 29.1. The van der Waals surface area contributed by atoms with Crippen LogP contribution in [-0.4, -0.2) is 118 Å². The number of nitrogens with zero attached hydrogens (tertiary/aromatic N) is 13. The topological polar surface area (TPSA) is 369 Å². The third kappa shape index (κ3) is 26.6. The van der Waals surface area contributed by atoms with Gasteiger partial charge in [-0.1, -0.05) is 236 Å². The second-order valence-corrected chi connectivity index (χ2v) is 39.0. The molecule has 11 N–H and O–H groups in total. The molecule has 36 heteroatoms. The van der Waals surface area contributed by atoms with Crippen molar-refractivity contribution in [2.24, 2.45) is 28.9 Å². The van der Waals surface area contributed by atoms with Crippen LogP contribution in [-0.2, 0) is 51.6 Å². The normalized spacial score (nSPS) is 12.3. The number of hydrogen-bond acceptors (Lipinski definition) is 16. The summed E-state index contributed by atoms with van der Waals surface area (Å²) in [6, 6.07) is 67.7. The molecule has 4 amide bonds. The molecule has 4 unspecified atom stereocenters. The summed E-state index contributed by atoms with van der Waals surface area (Å²) in [5.41, 5.74) is 36.9. The number of nitrogens with two attached hydrogens (primary N) is 4. The van der Waals surface area contributed by atoms with Crippen molar-refractivity contribution in [1.82, 2.24) is 77.6 Å². The number of amides is 4. The maximum atomic E-state index is 13.8. The van der Waals surface area contributed by atoms with Crippen LogP contribution in [0.1, 0.15) is 241 Å². The highest BCUT2D eigenvalue weighted by molar-refractivity contribution is 9.10. The lowest BCUT2D eigenvalue weighted by Gasteiger charge is -2.33. The lowest BCUT2D eigenvalue weighted by Crippen LogP contribution is -2.40. The second-order valence-electron chi connectivity index (χ2n) is 36.5. The van der Waals surface area contributed by atoms with Crippen molar-refractivity contribution in [1.29, 1.82) is 0 Å². The number of hydrogen-bond donors (Lipinski definition) is 7. The first kappa shape index (κ1) is 111.